The van der Waals surface area contributed by atoms with Gasteiger partial charge in [-0.2, -0.15) is 0 Å². The quantitative estimate of drug-likeness (QED) is 0.701. The van der Waals surface area contributed by atoms with Gasteiger partial charge in [-0.25, -0.2) is 4.79 Å². The van der Waals surface area contributed by atoms with Crippen LogP contribution in [0.5, 0.6) is 0 Å². The Morgan fingerprint density at radius 1 is 1.33 bits per heavy atom. The summed E-state index contributed by atoms with van der Waals surface area (Å²) in [4.78, 5) is 22.2. The normalized spacial score (nSPS) is 13.1. The Morgan fingerprint density at radius 2 is 1.87 bits per heavy atom. The third-order valence-corrected chi connectivity index (χ3v) is 1.34. The second-order valence-electron chi connectivity index (χ2n) is 4.06. The molecule has 0 aliphatic heterocycles. The van der Waals surface area contributed by atoms with Gasteiger partial charge >= 0.3 is 11.9 Å². The van der Waals surface area contributed by atoms with E-state index in [1.54, 1.807) is 27.7 Å². The van der Waals surface area contributed by atoms with Crippen molar-refractivity contribution in [2.45, 2.75) is 45.8 Å². The van der Waals surface area contributed by atoms with Crippen LogP contribution in [0.2, 0.25) is 0 Å². The van der Waals surface area contributed by atoms with Crippen molar-refractivity contribution in [3.05, 3.63) is 0 Å². The number of aliphatic hydroxyl groups is 1. The highest BCUT2D eigenvalue weighted by Crippen LogP contribution is 2.09. The van der Waals surface area contributed by atoms with E-state index in [9.17, 15) is 14.7 Å². The molecular formula is C10H18O5. The first kappa shape index (κ1) is 13.9. The van der Waals surface area contributed by atoms with E-state index in [4.69, 9.17) is 4.74 Å². The topological polar surface area (TPSA) is 72.8 Å². The summed E-state index contributed by atoms with van der Waals surface area (Å²) in [7, 11) is 0. The molecule has 0 fully saturated rings. The van der Waals surface area contributed by atoms with Gasteiger partial charge < -0.3 is 14.6 Å². The number of aliphatic hydroxyl groups excluding tert-OH is 1. The molecular weight excluding hydrogens is 200 g/mol. The zero-order valence-electron chi connectivity index (χ0n) is 9.57. The van der Waals surface area contributed by atoms with Crippen LogP contribution >= 0.6 is 0 Å². The minimum absolute atomic E-state index is 0.171. The van der Waals surface area contributed by atoms with Gasteiger partial charge in [0.15, 0.2) is 6.10 Å². The molecule has 1 N–H and O–H groups in total. The average molecular weight is 218 g/mol. The van der Waals surface area contributed by atoms with Crippen LogP contribution in [-0.4, -0.2) is 35.4 Å². The van der Waals surface area contributed by atoms with E-state index >= 15 is 0 Å². The molecule has 0 aromatic rings. The molecule has 0 heterocycles. The second-order valence-corrected chi connectivity index (χ2v) is 4.06. The largest absolute Gasteiger partial charge is 0.464 e. The summed E-state index contributed by atoms with van der Waals surface area (Å²) in [5.41, 5.74) is -0.620. The Hall–Kier alpha value is -1.10. The molecule has 0 radical (unpaired) electrons. The molecule has 0 aliphatic rings. The first-order chi connectivity index (χ1) is 6.76. The Balaban J connectivity index is 4.02. The maximum atomic E-state index is 11.2. The van der Waals surface area contributed by atoms with E-state index in [0.717, 1.165) is 0 Å². The lowest BCUT2D eigenvalue weighted by Gasteiger charge is -2.20. The Bertz CT molecular complexity index is 228. The first-order valence-electron chi connectivity index (χ1n) is 4.83. The van der Waals surface area contributed by atoms with Crippen molar-refractivity contribution in [3.63, 3.8) is 0 Å². The van der Waals surface area contributed by atoms with E-state index in [2.05, 4.69) is 4.74 Å². The molecule has 1 unspecified atom stereocenters. The van der Waals surface area contributed by atoms with Crippen molar-refractivity contribution in [1.82, 2.24) is 0 Å². The number of esters is 2. The first-order valence-corrected chi connectivity index (χ1v) is 4.83. The van der Waals surface area contributed by atoms with Gasteiger partial charge in [0.05, 0.1) is 13.0 Å². The lowest BCUT2D eigenvalue weighted by atomic mass is 10.2. The third kappa shape index (κ3) is 6.90. The Labute approximate surface area is 89.4 Å². The fraction of sp³-hybridized carbons (Fsp3) is 0.800. The highest BCUT2D eigenvalue weighted by Gasteiger charge is 2.24. The van der Waals surface area contributed by atoms with Gasteiger partial charge in [0.25, 0.3) is 0 Å². The lowest BCUT2D eigenvalue weighted by molar-refractivity contribution is -0.165. The van der Waals surface area contributed by atoms with Gasteiger partial charge in [-0.3, -0.25) is 4.79 Å². The number of carbonyl (C=O) groups excluding carboxylic acids is 2. The number of carbonyl (C=O) groups is 2. The van der Waals surface area contributed by atoms with Crippen molar-refractivity contribution in [2.24, 2.45) is 0 Å². The third-order valence-electron chi connectivity index (χ3n) is 1.34. The van der Waals surface area contributed by atoms with E-state index in [1.165, 1.54) is 0 Å². The highest BCUT2D eigenvalue weighted by molar-refractivity contribution is 5.81. The predicted molar refractivity (Wildman–Crippen MR) is 53.1 cm³/mol. The number of rotatable bonds is 4. The highest BCUT2D eigenvalue weighted by atomic mass is 16.6. The van der Waals surface area contributed by atoms with Crippen molar-refractivity contribution in [2.75, 3.05) is 6.61 Å². The smallest absolute Gasteiger partial charge is 0.335 e. The van der Waals surface area contributed by atoms with Gasteiger partial charge in [-0.15, -0.1) is 0 Å². The molecule has 15 heavy (non-hydrogen) atoms. The molecule has 0 amide bonds. The van der Waals surface area contributed by atoms with E-state index in [1.807, 2.05) is 0 Å². The van der Waals surface area contributed by atoms with Crippen LogP contribution in [-0.2, 0) is 19.1 Å². The average Bonchev–Trinajstić information content (AvgIpc) is 2.00. The van der Waals surface area contributed by atoms with Crippen LogP contribution in [0.15, 0.2) is 0 Å². The van der Waals surface area contributed by atoms with Crippen LogP contribution in [0.3, 0.4) is 0 Å². The maximum Gasteiger partial charge on any atom is 0.335 e. The van der Waals surface area contributed by atoms with Crippen molar-refractivity contribution >= 4 is 11.9 Å². The maximum absolute atomic E-state index is 11.2. The zero-order valence-corrected chi connectivity index (χ0v) is 9.57. The minimum Gasteiger partial charge on any atom is -0.464 e. The fourth-order valence-corrected chi connectivity index (χ4v) is 0.863. The summed E-state index contributed by atoms with van der Waals surface area (Å²) in [6.07, 6.45) is -1.82. The molecule has 0 rings (SSSR count). The number of hydrogen-bond acceptors (Lipinski definition) is 5. The standard InChI is InChI=1S/C10H18O5/c1-5-14-9(13)7(11)6-8(12)15-10(2,3)4/h7,11H,5-6H2,1-4H3. The summed E-state index contributed by atoms with van der Waals surface area (Å²) in [6, 6.07) is 0. The molecule has 88 valence electrons. The van der Waals surface area contributed by atoms with Gasteiger partial charge in [0.1, 0.15) is 5.60 Å². The summed E-state index contributed by atoms with van der Waals surface area (Å²) in [6.45, 7) is 6.92. The number of hydrogen-bond donors (Lipinski definition) is 1. The van der Waals surface area contributed by atoms with Crippen LogP contribution in [0.1, 0.15) is 34.1 Å². The molecule has 0 aliphatic carbocycles. The molecule has 1 atom stereocenters. The van der Waals surface area contributed by atoms with Gasteiger partial charge in [-0.1, -0.05) is 0 Å². The lowest BCUT2D eigenvalue weighted by Crippen LogP contribution is -2.30. The molecule has 5 heteroatoms. The molecule has 0 aromatic carbocycles. The molecule has 0 saturated heterocycles. The SMILES string of the molecule is CCOC(=O)C(O)CC(=O)OC(C)(C)C. The molecule has 0 bridgehead atoms. The van der Waals surface area contributed by atoms with Crippen LogP contribution < -0.4 is 0 Å². The molecule has 0 spiro atoms. The fourth-order valence-electron chi connectivity index (χ4n) is 0.863. The summed E-state index contributed by atoms with van der Waals surface area (Å²) >= 11 is 0. The van der Waals surface area contributed by atoms with Crippen LogP contribution in [0, 0.1) is 0 Å². The summed E-state index contributed by atoms with van der Waals surface area (Å²) in [5, 5.41) is 9.24. The molecule has 0 aromatic heterocycles. The van der Waals surface area contributed by atoms with Gasteiger partial charge in [0.2, 0.25) is 0 Å². The monoisotopic (exact) mass is 218 g/mol. The molecule has 5 nitrogen and oxygen atoms in total. The summed E-state index contributed by atoms with van der Waals surface area (Å²) < 4.78 is 9.47. The van der Waals surface area contributed by atoms with Crippen LogP contribution in [0.25, 0.3) is 0 Å². The zero-order chi connectivity index (χ0) is 12.1. The number of ether oxygens (including phenoxy) is 2. The van der Waals surface area contributed by atoms with Crippen LogP contribution in [0.4, 0.5) is 0 Å². The van der Waals surface area contributed by atoms with Gasteiger partial charge in [0, 0.05) is 0 Å². The van der Waals surface area contributed by atoms with Crippen molar-refractivity contribution in [3.8, 4) is 0 Å². The minimum atomic E-state index is -1.44. The van der Waals surface area contributed by atoms with E-state index in [0.29, 0.717) is 0 Å². The molecule has 0 saturated carbocycles. The Kier molecular flexibility index (Phi) is 5.28. The second kappa shape index (κ2) is 5.70. The van der Waals surface area contributed by atoms with E-state index < -0.39 is 23.6 Å². The summed E-state index contributed by atoms with van der Waals surface area (Å²) in [5.74, 6) is -1.42. The Morgan fingerprint density at radius 3 is 2.27 bits per heavy atom. The van der Waals surface area contributed by atoms with Gasteiger partial charge in [-0.05, 0) is 27.7 Å². The van der Waals surface area contributed by atoms with Crippen molar-refractivity contribution < 1.29 is 24.2 Å². The van der Waals surface area contributed by atoms with E-state index in [-0.39, 0.29) is 13.0 Å². The predicted octanol–water partition coefficient (Wildman–Crippen LogP) is 0.642. The van der Waals surface area contributed by atoms with Crippen molar-refractivity contribution in [1.29, 1.82) is 0 Å².